The van der Waals surface area contributed by atoms with Gasteiger partial charge in [-0.2, -0.15) is 0 Å². The monoisotopic (exact) mass is 440 g/mol. The molecule has 174 valence electrons. The lowest BCUT2D eigenvalue weighted by molar-refractivity contribution is 0.0996. The van der Waals surface area contributed by atoms with E-state index in [0.717, 1.165) is 36.9 Å². The van der Waals surface area contributed by atoms with Crippen LogP contribution in [0.4, 0.5) is 16.2 Å². The van der Waals surface area contributed by atoms with Crippen molar-refractivity contribution < 1.29 is 14.0 Å². The molecule has 1 saturated carbocycles. The minimum absolute atomic E-state index is 0.0425. The Hall–Kier alpha value is -2.96. The Kier molecular flexibility index (Phi) is 7.48. The van der Waals surface area contributed by atoms with Crippen molar-refractivity contribution in [3.63, 3.8) is 0 Å². The molecule has 0 spiro atoms. The van der Waals surface area contributed by atoms with Crippen molar-refractivity contribution in [3.8, 4) is 0 Å². The average molecular weight is 441 g/mol. The highest BCUT2D eigenvalue weighted by atomic mass is 16.3. The Morgan fingerprint density at radius 2 is 1.81 bits per heavy atom. The van der Waals surface area contributed by atoms with Gasteiger partial charge in [0.2, 0.25) is 0 Å². The number of furan rings is 1. The molecule has 0 saturated heterocycles. The number of urea groups is 1. The zero-order valence-electron chi connectivity index (χ0n) is 19.9. The molecule has 0 atom stereocenters. The Balaban J connectivity index is 1.88. The number of nitrogens with one attached hydrogen (secondary N) is 2. The molecule has 3 amide bonds. The minimum atomic E-state index is -0.312. The second-order valence-electron chi connectivity index (χ2n) is 9.77. The molecule has 2 aromatic rings. The summed E-state index contributed by atoms with van der Waals surface area (Å²) in [4.78, 5) is 29.7. The fourth-order valence-electron chi connectivity index (χ4n) is 4.16. The molecule has 0 unspecified atom stereocenters. The predicted octanol–water partition coefficient (Wildman–Crippen LogP) is 5.24. The van der Waals surface area contributed by atoms with Gasteiger partial charge in [0.05, 0.1) is 6.26 Å². The number of amides is 3. The number of carbonyl (C=O) groups excluding carboxylic acids is 2. The van der Waals surface area contributed by atoms with E-state index < -0.39 is 0 Å². The average Bonchev–Trinajstić information content (AvgIpc) is 3.26. The summed E-state index contributed by atoms with van der Waals surface area (Å²) in [5, 5.41) is 6.04. The van der Waals surface area contributed by atoms with Gasteiger partial charge in [0.1, 0.15) is 0 Å². The van der Waals surface area contributed by atoms with Gasteiger partial charge in [-0.3, -0.25) is 4.79 Å². The van der Waals surface area contributed by atoms with Crippen molar-refractivity contribution in [2.24, 2.45) is 0 Å². The maximum Gasteiger partial charge on any atom is 0.318 e. The zero-order valence-corrected chi connectivity index (χ0v) is 19.9. The molecule has 32 heavy (non-hydrogen) atoms. The summed E-state index contributed by atoms with van der Waals surface area (Å²) in [6, 6.07) is 9.29. The fourth-order valence-corrected chi connectivity index (χ4v) is 4.16. The normalized spacial score (nSPS) is 14.7. The first-order chi connectivity index (χ1) is 15.1. The Morgan fingerprint density at radius 1 is 1.09 bits per heavy atom. The van der Waals surface area contributed by atoms with Crippen molar-refractivity contribution in [2.45, 2.75) is 71.0 Å². The number of hydrogen-bond acceptors (Lipinski definition) is 4. The molecule has 7 nitrogen and oxygen atoms in total. The summed E-state index contributed by atoms with van der Waals surface area (Å²) in [6.45, 7) is 6.48. The van der Waals surface area contributed by atoms with E-state index in [1.165, 1.54) is 12.7 Å². The highest BCUT2D eigenvalue weighted by molar-refractivity contribution is 6.02. The SMILES string of the molecule is CN(C)c1ccc(NC(=O)c2ccco2)cc1CN(C(=O)NC(C)(C)C)C1CCCCC1. The van der Waals surface area contributed by atoms with Gasteiger partial charge in [-0.25, -0.2) is 4.79 Å². The van der Waals surface area contributed by atoms with Gasteiger partial charge in [0.25, 0.3) is 5.91 Å². The highest BCUT2D eigenvalue weighted by Crippen LogP contribution is 2.29. The summed E-state index contributed by atoms with van der Waals surface area (Å²) >= 11 is 0. The van der Waals surface area contributed by atoms with Gasteiger partial charge in [0, 0.05) is 43.6 Å². The fraction of sp³-hybridized carbons (Fsp3) is 0.520. The van der Waals surface area contributed by atoms with E-state index in [1.54, 1.807) is 12.1 Å². The smallest absolute Gasteiger partial charge is 0.318 e. The number of benzene rings is 1. The van der Waals surface area contributed by atoms with Crippen LogP contribution >= 0.6 is 0 Å². The molecular formula is C25H36N4O3. The van der Waals surface area contributed by atoms with E-state index >= 15 is 0 Å². The van der Waals surface area contributed by atoms with Crippen LogP contribution < -0.4 is 15.5 Å². The number of carbonyl (C=O) groups is 2. The van der Waals surface area contributed by atoms with Gasteiger partial charge in [-0.1, -0.05) is 19.3 Å². The van der Waals surface area contributed by atoms with E-state index in [0.29, 0.717) is 12.2 Å². The van der Waals surface area contributed by atoms with E-state index in [4.69, 9.17) is 4.42 Å². The van der Waals surface area contributed by atoms with Crippen molar-refractivity contribution >= 4 is 23.3 Å². The summed E-state index contributed by atoms with van der Waals surface area (Å²) in [7, 11) is 3.97. The predicted molar refractivity (Wildman–Crippen MR) is 128 cm³/mol. The third kappa shape index (κ3) is 6.28. The molecular weight excluding hydrogens is 404 g/mol. The standard InChI is InChI=1S/C25H36N4O3/c1-25(2,3)27-24(31)29(20-10-7-6-8-11-20)17-18-16-19(13-14-21(18)28(4)5)26-23(30)22-12-9-15-32-22/h9,12-16,20H,6-8,10-11,17H2,1-5H3,(H,26,30)(H,27,31). The Morgan fingerprint density at radius 3 is 2.41 bits per heavy atom. The van der Waals surface area contributed by atoms with Crippen molar-refractivity contribution in [1.82, 2.24) is 10.2 Å². The molecule has 1 aromatic carbocycles. The van der Waals surface area contributed by atoms with Crippen LogP contribution in [-0.4, -0.2) is 42.5 Å². The molecule has 3 rings (SSSR count). The largest absolute Gasteiger partial charge is 0.459 e. The Labute approximate surface area is 191 Å². The van der Waals surface area contributed by atoms with E-state index in [-0.39, 0.29) is 29.3 Å². The first kappa shape index (κ1) is 23.7. The van der Waals surface area contributed by atoms with E-state index in [1.807, 2.05) is 62.9 Å². The molecule has 1 fully saturated rings. The molecule has 1 heterocycles. The van der Waals surface area contributed by atoms with Crippen LogP contribution in [0.25, 0.3) is 0 Å². The zero-order chi connectivity index (χ0) is 23.3. The Bertz CT molecular complexity index is 910. The van der Waals surface area contributed by atoms with Gasteiger partial charge in [-0.15, -0.1) is 0 Å². The molecule has 7 heteroatoms. The lowest BCUT2D eigenvalue weighted by Crippen LogP contribution is -2.52. The first-order valence-corrected chi connectivity index (χ1v) is 11.4. The van der Waals surface area contributed by atoms with Crippen LogP contribution in [-0.2, 0) is 6.54 Å². The van der Waals surface area contributed by atoms with E-state index in [9.17, 15) is 9.59 Å². The summed E-state index contributed by atoms with van der Waals surface area (Å²) < 4.78 is 5.20. The highest BCUT2D eigenvalue weighted by Gasteiger charge is 2.28. The summed E-state index contributed by atoms with van der Waals surface area (Å²) in [6.07, 6.45) is 7.02. The van der Waals surface area contributed by atoms with Gasteiger partial charge in [-0.05, 0) is 69.5 Å². The molecule has 1 aliphatic rings. The van der Waals surface area contributed by atoms with E-state index in [2.05, 4.69) is 10.6 Å². The molecule has 0 radical (unpaired) electrons. The van der Waals surface area contributed by atoms with Crippen LogP contribution in [0, 0.1) is 0 Å². The lowest BCUT2D eigenvalue weighted by Gasteiger charge is -2.37. The number of rotatable bonds is 6. The van der Waals surface area contributed by atoms with Gasteiger partial charge >= 0.3 is 6.03 Å². The third-order valence-electron chi connectivity index (χ3n) is 5.66. The van der Waals surface area contributed by atoms with Crippen molar-refractivity contribution in [3.05, 3.63) is 47.9 Å². The van der Waals surface area contributed by atoms with Crippen LogP contribution in [0.15, 0.2) is 41.0 Å². The minimum Gasteiger partial charge on any atom is -0.459 e. The maximum absolute atomic E-state index is 13.3. The molecule has 2 N–H and O–H groups in total. The number of nitrogens with zero attached hydrogens (tertiary/aromatic N) is 2. The summed E-state index contributed by atoms with van der Waals surface area (Å²) in [5.41, 5.74) is 2.37. The second kappa shape index (κ2) is 10.1. The number of hydrogen-bond donors (Lipinski definition) is 2. The summed E-state index contributed by atoms with van der Waals surface area (Å²) in [5.74, 6) is -0.0372. The van der Waals surface area contributed by atoms with Crippen LogP contribution in [0.5, 0.6) is 0 Å². The molecule has 0 bridgehead atoms. The molecule has 1 aromatic heterocycles. The van der Waals surface area contributed by atoms with Crippen molar-refractivity contribution in [2.75, 3.05) is 24.3 Å². The van der Waals surface area contributed by atoms with Crippen LogP contribution in [0.2, 0.25) is 0 Å². The quantitative estimate of drug-likeness (QED) is 0.644. The molecule has 1 aliphatic carbocycles. The maximum atomic E-state index is 13.3. The van der Waals surface area contributed by atoms with Crippen LogP contribution in [0.3, 0.4) is 0 Å². The first-order valence-electron chi connectivity index (χ1n) is 11.4. The third-order valence-corrected chi connectivity index (χ3v) is 5.66. The van der Waals surface area contributed by atoms with Crippen molar-refractivity contribution in [1.29, 1.82) is 0 Å². The lowest BCUT2D eigenvalue weighted by atomic mass is 9.93. The van der Waals surface area contributed by atoms with Gasteiger partial charge in [0.15, 0.2) is 5.76 Å². The second-order valence-corrected chi connectivity index (χ2v) is 9.77. The number of anilines is 2. The molecule has 0 aliphatic heterocycles. The van der Waals surface area contributed by atoms with Crippen LogP contribution in [0.1, 0.15) is 69.0 Å². The van der Waals surface area contributed by atoms with Gasteiger partial charge < -0.3 is 24.9 Å². The topological polar surface area (TPSA) is 77.8 Å².